The van der Waals surface area contributed by atoms with E-state index in [1.54, 1.807) is 43.1 Å². The fraction of sp³-hybridized carbons (Fsp3) is 0.240. The highest BCUT2D eigenvalue weighted by Gasteiger charge is 2.31. The SMILES string of the molecule is Cc1ccc(CN(C)C(=O)C(C)N(c2ccc(Oc3ccccc3)cc2)S(C)(=O)=O)cc1. The number of rotatable bonds is 8. The van der Waals surface area contributed by atoms with Gasteiger partial charge in [0, 0.05) is 13.6 Å². The van der Waals surface area contributed by atoms with Gasteiger partial charge in [-0.3, -0.25) is 9.10 Å². The van der Waals surface area contributed by atoms with Crippen LogP contribution in [0.5, 0.6) is 11.5 Å². The third kappa shape index (κ3) is 5.88. The second-order valence-electron chi connectivity index (χ2n) is 7.82. The first-order chi connectivity index (χ1) is 15.1. The summed E-state index contributed by atoms with van der Waals surface area (Å²) in [5.74, 6) is 0.964. The number of hydrogen-bond donors (Lipinski definition) is 0. The lowest BCUT2D eigenvalue weighted by molar-refractivity contribution is -0.131. The van der Waals surface area contributed by atoms with Crippen LogP contribution in [0, 0.1) is 6.92 Å². The highest BCUT2D eigenvalue weighted by atomic mass is 32.2. The van der Waals surface area contributed by atoms with E-state index >= 15 is 0 Å². The van der Waals surface area contributed by atoms with Gasteiger partial charge in [-0.15, -0.1) is 0 Å². The van der Waals surface area contributed by atoms with E-state index in [9.17, 15) is 13.2 Å². The van der Waals surface area contributed by atoms with Crippen molar-refractivity contribution in [3.63, 3.8) is 0 Å². The van der Waals surface area contributed by atoms with Gasteiger partial charge in [0.05, 0.1) is 11.9 Å². The van der Waals surface area contributed by atoms with E-state index in [0.29, 0.717) is 23.7 Å². The third-order valence-electron chi connectivity index (χ3n) is 5.05. The maximum Gasteiger partial charge on any atom is 0.246 e. The van der Waals surface area contributed by atoms with E-state index in [1.165, 1.54) is 0 Å². The molecule has 7 heteroatoms. The molecule has 3 rings (SSSR count). The molecule has 1 amide bonds. The number of ether oxygens (including phenoxy) is 1. The monoisotopic (exact) mass is 452 g/mol. The lowest BCUT2D eigenvalue weighted by Crippen LogP contribution is -2.48. The molecule has 0 spiro atoms. The molecule has 32 heavy (non-hydrogen) atoms. The van der Waals surface area contributed by atoms with Crippen LogP contribution in [0.3, 0.4) is 0 Å². The third-order valence-corrected chi connectivity index (χ3v) is 6.29. The Hall–Kier alpha value is -3.32. The standard InChI is InChI=1S/C25H28N2O4S/c1-19-10-12-21(13-11-19)18-26(3)25(28)20(2)27(32(4,29)30)22-14-16-24(17-15-22)31-23-8-6-5-7-9-23/h5-17,20H,18H2,1-4H3. The van der Waals surface area contributed by atoms with Gasteiger partial charge in [-0.1, -0.05) is 48.0 Å². The van der Waals surface area contributed by atoms with Crippen LogP contribution in [0.15, 0.2) is 78.9 Å². The van der Waals surface area contributed by atoms with E-state index in [0.717, 1.165) is 21.7 Å². The fourth-order valence-corrected chi connectivity index (χ4v) is 4.62. The Bertz CT molecular complexity index is 1140. The van der Waals surface area contributed by atoms with Crippen molar-refractivity contribution in [1.29, 1.82) is 0 Å². The van der Waals surface area contributed by atoms with Gasteiger partial charge in [0.2, 0.25) is 15.9 Å². The number of benzene rings is 3. The first-order valence-corrected chi connectivity index (χ1v) is 12.1. The number of aryl methyl sites for hydroxylation is 1. The normalized spacial score (nSPS) is 12.1. The molecule has 0 aliphatic carbocycles. The van der Waals surface area contributed by atoms with Crippen molar-refractivity contribution in [2.24, 2.45) is 0 Å². The highest BCUT2D eigenvalue weighted by Crippen LogP contribution is 2.27. The molecule has 1 atom stereocenters. The van der Waals surface area contributed by atoms with Crippen molar-refractivity contribution >= 4 is 21.6 Å². The minimum atomic E-state index is -3.70. The molecule has 1 unspecified atom stereocenters. The number of para-hydroxylation sites is 1. The summed E-state index contributed by atoms with van der Waals surface area (Å²) in [5.41, 5.74) is 2.52. The van der Waals surface area contributed by atoms with Crippen LogP contribution in [0.2, 0.25) is 0 Å². The molecule has 0 aromatic heterocycles. The maximum atomic E-state index is 13.1. The van der Waals surface area contributed by atoms with Crippen LogP contribution >= 0.6 is 0 Å². The summed E-state index contributed by atoms with van der Waals surface area (Å²) in [6.07, 6.45) is 1.10. The number of likely N-dealkylation sites (N-methyl/N-ethyl adjacent to an activating group) is 1. The number of carbonyl (C=O) groups is 1. The molecule has 168 valence electrons. The number of hydrogen-bond acceptors (Lipinski definition) is 4. The molecule has 0 saturated heterocycles. The Labute approximate surface area is 190 Å². The summed E-state index contributed by atoms with van der Waals surface area (Å²) in [7, 11) is -2.02. The molecule has 0 N–H and O–H groups in total. The number of carbonyl (C=O) groups excluding carboxylic acids is 1. The molecule has 3 aromatic rings. The topological polar surface area (TPSA) is 66.9 Å². The molecule has 0 aliphatic heterocycles. The predicted octanol–water partition coefficient (Wildman–Crippen LogP) is 4.60. The van der Waals surface area contributed by atoms with Gasteiger partial charge in [-0.25, -0.2) is 8.42 Å². The average molecular weight is 453 g/mol. The Morgan fingerprint density at radius 3 is 2.03 bits per heavy atom. The number of amides is 1. The van der Waals surface area contributed by atoms with Crippen LogP contribution in [-0.4, -0.2) is 38.6 Å². The fourth-order valence-electron chi connectivity index (χ4n) is 3.45. The van der Waals surface area contributed by atoms with E-state index in [2.05, 4.69) is 0 Å². The van der Waals surface area contributed by atoms with Crippen LogP contribution in [0.1, 0.15) is 18.1 Å². The summed E-state index contributed by atoms with van der Waals surface area (Å²) < 4.78 is 32.1. The number of sulfonamides is 1. The minimum Gasteiger partial charge on any atom is -0.457 e. The molecule has 0 heterocycles. The van der Waals surface area contributed by atoms with E-state index in [-0.39, 0.29) is 5.91 Å². The average Bonchev–Trinajstić information content (AvgIpc) is 2.76. The van der Waals surface area contributed by atoms with Gasteiger partial charge < -0.3 is 9.64 Å². The summed E-state index contributed by atoms with van der Waals surface area (Å²) >= 11 is 0. The molecule has 0 saturated carbocycles. The molecule has 0 radical (unpaired) electrons. The van der Waals surface area contributed by atoms with Crippen LogP contribution < -0.4 is 9.04 Å². The van der Waals surface area contributed by atoms with E-state index in [4.69, 9.17) is 4.74 Å². The number of nitrogens with zero attached hydrogens (tertiary/aromatic N) is 2. The molecule has 0 bridgehead atoms. The molecule has 3 aromatic carbocycles. The smallest absolute Gasteiger partial charge is 0.246 e. The van der Waals surface area contributed by atoms with E-state index in [1.807, 2.05) is 61.5 Å². The summed E-state index contributed by atoms with van der Waals surface area (Å²) in [4.78, 5) is 14.6. The first-order valence-electron chi connectivity index (χ1n) is 10.3. The zero-order valence-electron chi connectivity index (χ0n) is 18.7. The van der Waals surface area contributed by atoms with Crippen LogP contribution in [0.4, 0.5) is 5.69 Å². The van der Waals surface area contributed by atoms with Gasteiger partial charge in [-0.05, 0) is 55.8 Å². The highest BCUT2D eigenvalue weighted by molar-refractivity contribution is 7.92. The van der Waals surface area contributed by atoms with E-state index < -0.39 is 16.1 Å². The second-order valence-corrected chi connectivity index (χ2v) is 9.68. The van der Waals surface area contributed by atoms with Gasteiger partial charge in [0.1, 0.15) is 17.5 Å². The molecular weight excluding hydrogens is 424 g/mol. The van der Waals surface area contributed by atoms with Crippen molar-refractivity contribution in [3.8, 4) is 11.5 Å². The first kappa shape index (κ1) is 23.3. The molecular formula is C25H28N2O4S. The van der Waals surface area contributed by atoms with Crippen molar-refractivity contribution in [1.82, 2.24) is 4.90 Å². The largest absolute Gasteiger partial charge is 0.457 e. The Morgan fingerprint density at radius 2 is 1.47 bits per heavy atom. The lowest BCUT2D eigenvalue weighted by atomic mass is 10.1. The van der Waals surface area contributed by atoms with Gasteiger partial charge in [0.25, 0.3) is 0 Å². The molecule has 0 aliphatic rings. The molecule has 0 fully saturated rings. The van der Waals surface area contributed by atoms with Crippen molar-refractivity contribution in [2.75, 3.05) is 17.6 Å². The molecule has 6 nitrogen and oxygen atoms in total. The Balaban J connectivity index is 1.78. The van der Waals surface area contributed by atoms with Crippen LogP contribution in [0.25, 0.3) is 0 Å². The Morgan fingerprint density at radius 1 is 0.906 bits per heavy atom. The van der Waals surface area contributed by atoms with Crippen molar-refractivity contribution in [2.45, 2.75) is 26.4 Å². The summed E-state index contributed by atoms with van der Waals surface area (Å²) in [6.45, 7) is 4.00. The lowest BCUT2D eigenvalue weighted by Gasteiger charge is -2.31. The quantitative estimate of drug-likeness (QED) is 0.501. The zero-order valence-corrected chi connectivity index (χ0v) is 19.5. The zero-order chi connectivity index (χ0) is 23.3. The van der Waals surface area contributed by atoms with Gasteiger partial charge in [0.15, 0.2) is 0 Å². The number of anilines is 1. The van der Waals surface area contributed by atoms with Crippen LogP contribution in [-0.2, 0) is 21.4 Å². The minimum absolute atomic E-state index is 0.291. The Kier molecular flexibility index (Phi) is 7.20. The van der Waals surface area contributed by atoms with Gasteiger partial charge >= 0.3 is 0 Å². The maximum absolute atomic E-state index is 13.1. The summed E-state index contributed by atoms with van der Waals surface area (Å²) in [5, 5.41) is 0. The predicted molar refractivity (Wildman–Crippen MR) is 127 cm³/mol. The van der Waals surface area contributed by atoms with Gasteiger partial charge in [-0.2, -0.15) is 0 Å². The van der Waals surface area contributed by atoms with Crippen molar-refractivity contribution in [3.05, 3.63) is 90.0 Å². The second kappa shape index (κ2) is 9.87. The summed E-state index contributed by atoms with van der Waals surface area (Å²) in [6, 6.07) is 23.0. The van der Waals surface area contributed by atoms with Crippen molar-refractivity contribution < 1.29 is 17.9 Å².